The van der Waals surface area contributed by atoms with Gasteiger partial charge in [0.15, 0.2) is 18.1 Å². The third kappa shape index (κ3) is 8.67. The average molecular weight is 666 g/mol. The van der Waals surface area contributed by atoms with Gasteiger partial charge in [-0.05, 0) is 105 Å². The second-order valence-corrected chi connectivity index (χ2v) is 11.4. The van der Waals surface area contributed by atoms with Crippen LogP contribution in [0.4, 0.5) is 16.2 Å². The van der Waals surface area contributed by atoms with E-state index in [2.05, 4.69) is 10.6 Å². The first kappa shape index (κ1) is 34.1. The molecular weight excluding hydrogens is 634 g/mol. The number of nitrogens with zero attached hydrogens (tertiary/aromatic N) is 1. The van der Waals surface area contributed by atoms with Crippen LogP contribution < -0.4 is 20.1 Å². The van der Waals surface area contributed by atoms with Gasteiger partial charge >= 0.3 is 5.97 Å². The molecule has 1 heterocycles. The number of hydrogen-bond donors (Lipinski definition) is 2. The normalized spacial score (nSPS) is 13.5. The maximum absolute atomic E-state index is 13.1. The lowest BCUT2D eigenvalue weighted by atomic mass is 10.1. The quantitative estimate of drug-likeness (QED) is 0.170. The fourth-order valence-electron chi connectivity index (χ4n) is 4.26. The minimum absolute atomic E-state index is 0.0684. The Kier molecular flexibility index (Phi) is 11.4. The maximum Gasteiger partial charge on any atom is 0.339 e. The number of carbonyl (C=O) groups excluding carboxylic acids is 5. The lowest BCUT2D eigenvalue weighted by Gasteiger charge is -2.14. The van der Waals surface area contributed by atoms with E-state index in [1.54, 1.807) is 32.0 Å². The molecule has 0 atom stereocenters. The Labute approximate surface area is 275 Å². The van der Waals surface area contributed by atoms with Crippen LogP contribution >= 0.6 is 23.4 Å². The summed E-state index contributed by atoms with van der Waals surface area (Å²) in [6.45, 7) is 7.06. The monoisotopic (exact) mass is 665 g/mol. The highest BCUT2D eigenvalue weighted by molar-refractivity contribution is 8.18. The molecule has 0 radical (unpaired) electrons. The number of ether oxygens (including phenoxy) is 3. The molecule has 46 heavy (non-hydrogen) atoms. The number of imide groups is 1. The van der Waals surface area contributed by atoms with Gasteiger partial charge in [0.1, 0.15) is 6.54 Å². The van der Waals surface area contributed by atoms with E-state index in [1.165, 1.54) is 24.3 Å². The highest BCUT2D eigenvalue weighted by atomic mass is 35.5. The van der Waals surface area contributed by atoms with E-state index in [1.807, 2.05) is 32.0 Å². The Morgan fingerprint density at radius 3 is 2.28 bits per heavy atom. The number of benzene rings is 3. The van der Waals surface area contributed by atoms with Gasteiger partial charge in [-0.25, -0.2) is 4.79 Å². The molecule has 240 valence electrons. The predicted octanol–water partition coefficient (Wildman–Crippen LogP) is 6.22. The number of halogens is 1. The number of esters is 1. The molecular formula is C33H32ClN3O8S. The first-order valence-electron chi connectivity index (χ1n) is 14.3. The van der Waals surface area contributed by atoms with Crippen LogP contribution in [0.25, 0.3) is 6.08 Å². The molecule has 0 saturated carbocycles. The minimum Gasteiger partial charge on any atom is -0.490 e. The molecule has 1 aliphatic rings. The van der Waals surface area contributed by atoms with Gasteiger partial charge in [0, 0.05) is 11.4 Å². The van der Waals surface area contributed by atoms with Crippen LogP contribution in [0.5, 0.6) is 11.5 Å². The van der Waals surface area contributed by atoms with E-state index in [9.17, 15) is 24.0 Å². The number of hydrogen-bond acceptors (Lipinski definition) is 9. The molecule has 11 nitrogen and oxygen atoms in total. The van der Waals surface area contributed by atoms with Crippen molar-refractivity contribution in [2.24, 2.45) is 0 Å². The largest absolute Gasteiger partial charge is 0.490 e. The summed E-state index contributed by atoms with van der Waals surface area (Å²) in [6, 6.07) is 14.8. The molecule has 0 bridgehead atoms. The summed E-state index contributed by atoms with van der Waals surface area (Å²) in [5, 5.41) is 4.90. The minimum atomic E-state index is -0.651. The molecule has 4 amide bonds. The lowest BCUT2D eigenvalue weighted by Crippen LogP contribution is -2.36. The number of aryl methyl sites for hydroxylation is 2. The van der Waals surface area contributed by atoms with Gasteiger partial charge in [0.2, 0.25) is 5.91 Å². The summed E-state index contributed by atoms with van der Waals surface area (Å²) in [6.07, 6.45) is 1.51. The summed E-state index contributed by atoms with van der Waals surface area (Å²) in [5.74, 6) is -1.61. The summed E-state index contributed by atoms with van der Waals surface area (Å²) >= 11 is 6.76. The Morgan fingerprint density at radius 2 is 1.57 bits per heavy atom. The van der Waals surface area contributed by atoms with Crippen molar-refractivity contribution < 1.29 is 38.2 Å². The Balaban J connectivity index is 1.40. The van der Waals surface area contributed by atoms with Gasteiger partial charge < -0.3 is 24.8 Å². The second-order valence-electron chi connectivity index (χ2n) is 10.0. The molecule has 3 aromatic rings. The van der Waals surface area contributed by atoms with E-state index < -0.39 is 29.6 Å². The van der Waals surface area contributed by atoms with E-state index in [4.69, 9.17) is 25.8 Å². The van der Waals surface area contributed by atoms with Crippen LogP contribution in [0, 0.1) is 13.8 Å². The summed E-state index contributed by atoms with van der Waals surface area (Å²) in [4.78, 5) is 64.0. The van der Waals surface area contributed by atoms with Crippen LogP contribution in [-0.2, 0) is 19.1 Å². The van der Waals surface area contributed by atoms with Gasteiger partial charge in [-0.2, -0.15) is 0 Å². The number of amides is 4. The summed E-state index contributed by atoms with van der Waals surface area (Å²) in [7, 11) is 0. The van der Waals surface area contributed by atoms with Crippen molar-refractivity contribution in [2.45, 2.75) is 27.7 Å². The standard InChI is InChI=1S/C33H32ClN3O8S/c1-5-43-27-14-21(8-12-26(27)45-18-30(39)36-22-9-7-19(3)20(4)13-22)15-28-31(40)37(33(42)46-28)17-29(38)35-23-10-11-25(34)24(16-23)32(41)44-6-2/h7-16H,5-6,17-18H2,1-4H3,(H,35,38)(H,36,39)/b28-15+. The van der Waals surface area contributed by atoms with E-state index in [-0.39, 0.29) is 40.3 Å². The second kappa shape index (κ2) is 15.5. The molecule has 3 aromatic carbocycles. The molecule has 0 unspecified atom stereocenters. The lowest BCUT2D eigenvalue weighted by molar-refractivity contribution is -0.127. The number of carbonyl (C=O) groups is 5. The fourth-order valence-corrected chi connectivity index (χ4v) is 5.29. The molecule has 4 rings (SSSR count). The highest BCUT2D eigenvalue weighted by Crippen LogP contribution is 2.35. The average Bonchev–Trinajstić information content (AvgIpc) is 3.26. The summed E-state index contributed by atoms with van der Waals surface area (Å²) in [5.41, 5.74) is 3.69. The molecule has 1 aliphatic heterocycles. The van der Waals surface area contributed by atoms with Gasteiger partial charge in [-0.15, -0.1) is 0 Å². The van der Waals surface area contributed by atoms with Crippen molar-refractivity contribution in [1.82, 2.24) is 4.90 Å². The first-order valence-corrected chi connectivity index (χ1v) is 15.5. The SMILES string of the molecule is CCOC(=O)c1cc(NC(=O)CN2C(=O)S/C(=C/c3ccc(OCC(=O)Nc4ccc(C)c(C)c4)c(OCC)c3)C2=O)ccc1Cl. The van der Waals surface area contributed by atoms with Crippen LogP contribution in [0.1, 0.15) is 40.9 Å². The molecule has 2 N–H and O–H groups in total. The molecule has 0 aromatic heterocycles. The van der Waals surface area contributed by atoms with Gasteiger partial charge in [-0.1, -0.05) is 23.7 Å². The fraction of sp³-hybridized carbons (Fsp3) is 0.242. The van der Waals surface area contributed by atoms with Crippen molar-refractivity contribution >= 4 is 69.7 Å². The van der Waals surface area contributed by atoms with Crippen molar-refractivity contribution in [1.29, 1.82) is 0 Å². The molecule has 1 saturated heterocycles. The van der Waals surface area contributed by atoms with Crippen molar-refractivity contribution in [3.05, 3.63) is 86.8 Å². The smallest absolute Gasteiger partial charge is 0.339 e. The molecule has 1 fully saturated rings. The third-order valence-electron chi connectivity index (χ3n) is 6.64. The number of nitrogens with one attached hydrogen (secondary N) is 2. The van der Waals surface area contributed by atoms with Crippen molar-refractivity contribution in [3.8, 4) is 11.5 Å². The van der Waals surface area contributed by atoms with Crippen LogP contribution in [0.2, 0.25) is 5.02 Å². The van der Waals surface area contributed by atoms with Gasteiger partial charge in [-0.3, -0.25) is 24.1 Å². The van der Waals surface area contributed by atoms with Gasteiger partial charge in [0.05, 0.1) is 28.7 Å². The van der Waals surface area contributed by atoms with Crippen LogP contribution in [0.3, 0.4) is 0 Å². The van der Waals surface area contributed by atoms with Crippen molar-refractivity contribution in [2.75, 3.05) is 37.0 Å². The molecule has 0 spiro atoms. The first-order chi connectivity index (χ1) is 22.0. The summed E-state index contributed by atoms with van der Waals surface area (Å²) < 4.78 is 16.4. The molecule has 13 heteroatoms. The van der Waals surface area contributed by atoms with E-state index >= 15 is 0 Å². The Bertz CT molecular complexity index is 1720. The zero-order valence-corrected chi connectivity index (χ0v) is 27.2. The van der Waals surface area contributed by atoms with E-state index in [0.29, 0.717) is 41.1 Å². The zero-order chi connectivity index (χ0) is 33.4. The Hall–Kier alpha value is -4.81. The van der Waals surface area contributed by atoms with Crippen LogP contribution in [-0.4, -0.2) is 60.2 Å². The number of rotatable bonds is 12. The predicted molar refractivity (Wildman–Crippen MR) is 176 cm³/mol. The third-order valence-corrected chi connectivity index (χ3v) is 7.87. The number of thioether (sulfide) groups is 1. The van der Waals surface area contributed by atoms with Crippen molar-refractivity contribution in [3.63, 3.8) is 0 Å². The van der Waals surface area contributed by atoms with Gasteiger partial charge in [0.25, 0.3) is 17.1 Å². The zero-order valence-electron chi connectivity index (χ0n) is 25.6. The highest BCUT2D eigenvalue weighted by Gasteiger charge is 2.36. The molecule has 0 aliphatic carbocycles. The topological polar surface area (TPSA) is 140 Å². The Morgan fingerprint density at radius 1 is 0.848 bits per heavy atom. The van der Waals surface area contributed by atoms with Crippen LogP contribution in [0.15, 0.2) is 59.5 Å². The van der Waals surface area contributed by atoms with E-state index in [0.717, 1.165) is 16.0 Å². The number of anilines is 2. The maximum atomic E-state index is 13.1.